The monoisotopic (exact) mass is 620 g/mol. The molecule has 1 N–H and O–H groups in total. The maximum Gasteiger partial charge on any atom is 0.338 e. The van der Waals surface area contributed by atoms with Crippen molar-refractivity contribution in [2.24, 2.45) is 5.92 Å². The van der Waals surface area contributed by atoms with Crippen LogP contribution in [0, 0.1) is 18.7 Å². The molecule has 1 amide bonds. The molecular formula is C33H31Cl2FN4O3. The minimum absolute atomic E-state index is 0.0112. The molecular weight excluding hydrogens is 590 g/mol. The van der Waals surface area contributed by atoms with Crippen molar-refractivity contribution in [2.45, 2.75) is 57.2 Å². The molecule has 43 heavy (non-hydrogen) atoms. The molecule has 0 bridgehead atoms. The summed E-state index contributed by atoms with van der Waals surface area (Å²) >= 11 is 12.7. The van der Waals surface area contributed by atoms with E-state index in [2.05, 4.69) is 24.1 Å². The van der Waals surface area contributed by atoms with Gasteiger partial charge in [0.2, 0.25) is 5.91 Å². The van der Waals surface area contributed by atoms with Crippen molar-refractivity contribution in [3.8, 4) is 0 Å². The average Bonchev–Trinajstić information content (AvgIpc) is 3.57. The second kappa shape index (κ2) is 10.0. The number of benzene rings is 3. The number of aryl methyl sites for hydroxylation is 1. The van der Waals surface area contributed by atoms with Crippen LogP contribution in [0.15, 0.2) is 48.5 Å². The second-order valence-electron chi connectivity index (χ2n) is 12.4. The van der Waals surface area contributed by atoms with Gasteiger partial charge in [0, 0.05) is 53.1 Å². The largest absolute Gasteiger partial charge is 0.465 e. The number of rotatable bonds is 4. The third-order valence-corrected chi connectivity index (χ3v) is 9.98. The SMILES string of the molecule is COC(=O)c1cc2nn3c(c2cc1C)C[C@H]1[C@@H]3[C@H](c2cccc(Cl)c2F)[C@@]2(Cc3ccc(Cl)cc3NC2=O)N1CC(C)C. The highest BCUT2D eigenvalue weighted by molar-refractivity contribution is 6.31. The predicted octanol–water partition coefficient (Wildman–Crippen LogP) is 6.73. The Morgan fingerprint density at radius 2 is 2.00 bits per heavy atom. The Labute approximate surface area is 258 Å². The van der Waals surface area contributed by atoms with Crippen molar-refractivity contribution in [3.05, 3.63) is 92.3 Å². The van der Waals surface area contributed by atoms with Gasteiger partial charge in [-0.2, -0.15) is 5.10 Å². The number of amides is 1. The van der Waals surface area contributed by atoms with Gasteiger partial charge in [-0.25, -0.2) is 9.18 Å². The molecule has 7 rings (SSSR count). The molecule has 0 unspecified atom stereocenters. The zero-order valence-corrected chi connectivity index (χ0v) is 25.8. The molecule has 3 aliphatic heterocycles. The van der Waals surface area contributed by atoms with E-state index in [0.29, 0.717) is 46.7 Å². The Morgan fingerprint density at radius 1 is 1.21 bits per heavy atom. The van der Waals surface area contributed by atoms with Crippen molar-refractivity contribution in [3.63, 3.8) is 0 Å². The molecule has 4 heterocycles. The zero-order chi connectivity index (χ0) is 30.4. The van der Waals surface area contributed by atoms with E-state index in [1.165, 1.54) is 13.2 Å². The first kappa shape index (κ1) is 28.3. The molecule has 0 aliphatic carbocycles. The fourth-order valence-electron chi connectivity index (χ4n) is 7.78. The summed E-state index contributed by atoms with van der Waals surface area (Å²) in [7, 11) is 1.36. The lowest BCUT2D eigenvalue weighted by Crippen LogP contribution is -2.62. The lowest BCUT2D eigenvalue weighted by molar-refractivity contribution is -0.129. The van der Waals surface area contributed by atoms with Crippen LogP contribution in [0.25, 0.3) is 10.9 Å². The topological polar surface area (TPSA) is 76.5 Å². The van der Waals surface area contributed by atoms with Gasteiger partial charge in [-0.3, -0.25) is 14.4 Å². The third-order valence-electron chi connectivity index (χ3n) is 9.45. The number of ether oxygens (including phenoxy) is 1. The fourth-order valence-corrected chi connectivity index (χ4v) is 8.14. The molecule has 1 fully saturated rings. The van der Waals surface area contributed by atoms with Crippen LogP contribution in [0.2, 0.25) is 10.0 Å². The molecule has 0 saturated carbocycles. The number of methoxy groups -OCH3 is 1. The number of carbonyl (C=O) groups excluding carboxylic acids is 2. The van der Waals surface area contributed by atoms with Crippen LogP contribution in [0.4, 0.5) is 10.1 Å². The van der Waals surface area contributed by atoms with Gasteiger partial charge in [0.25, 0.3) is 0 Å². The summed E-state index contributed by atoms with van der Waals surface area (Å²) in [5, 5.41) is 9.66. The number of anilines is 1. The Hall–Kier alpha value is -3.46. The summed E-state index contributed by atoms with van der Waals surface area (Å²) in [5.74, 6) is -1.53. The Bertz CT molecular complexity index is 1840. The molecule has 4 atom stereocenters. The van der Waals surface area contributed by atoms with E-state index in [1.807, 2.05) is 29.8 Å². The normalized spacial score (nSPS) is 24.4. The highest BCUT2D eigenvalue weighted by Crippen LogP contribution is 2.59. The van der Waals surface area contributed by atoms with Crippen molar-refractivity contribution in [2.75, 3.05) is 19.0 Å². The summed E-state index contributed by atoms with van der Waals surface area (Å²) < 4.78 is 23.1. The van der Waals surface area contributed by atoms with Gasteiger partial charge in [0.15, 0.2) is 0 Å². The van der Waals surface area contributed by atoms with Crippen LogP contribution in [0.1, 0.15) is 58.5 Å². The molecule has 1 saturated heterocycles. The van der Waals surface area contributed by atoms with Crippen LogP contribution in [0.3, 0.4) is 0 Å². The average molecular weight is 622 g/mol. The van der Waals surface area contributed by atoms with Gasteiger partial charge < -0.3 is 10.1 Å². The summed E-state index contributed by atoms with van der Waals surface area (Å²) in [6.45, 7) is 6.77. The van der Waals surface area contributed by atoms with Gasteiger partial charge in [-0.15, -0.1) is 0 Å². The smallest absolute Gasteiger partial charge is 0.338 e. The molecule has 3 aromatic carbocycles. The Balaban J connectivity index is 1.49. The maximum absolute atomic E-state index is 16.1. The van der Waals surface area contributed by atoms with Crippen molar-refractivity contribution < 1.29 is 18.7 Å². The van der Waals surface area contributed by atoms with E-state index in [1.54, 1.807) is 24.3 Å². The molecule has 1 spiro atoms. The lowest BCUT2D eigenvalue weighted by Gasteiger charge is -2.46. The van der Waals surface area contributed by atoms with Crippen LogP contribution in [0.5, 0.6) is 0 Å². The van der Waals surface area contributed by atoms with E-state index in [4.69, 9.17) is 33.0 Å². The van der Waals surface area contributed by atoms with Crippen molar-refractivity contribution in [1.29, 1.82) is 0 Å². The Morgan fingerprint density at radius 3 is 2.74 bits per heavy atom. The number of fused-ring (bicyclic) bond motifs is 6. The first-order valence-electron chi connectivity index (χ1n) is 14.5. The lowest BCUT2D eigenvalue weighted by atomic mass is 9.71. The number of nitrogens with one attached hydrogen (secondary N) is 1. The third kappa shape index (κ3) is 4.06. The molecule has 4 aromatic rings. The first-order valence-corrected chi connectivity index (χ1v) is 15.2. The molecule has 3 aliphatic rings. The Kier molecular flexibility index (Phi) is 6.61. The van der Waals surface area contributed by atoms with E-state index in [0.717, 1.165) is 22.2 Å². The summed E-state index contributed by atoms with van der Waals surface area (Å²) in [6, 6.07) is 13.8. The number of likely N-dealkylation sites (tertiary alicyclic amines) is 1. The summed E-state index contributed by atoms with van der Waals surface area (Å²) in [4.78, 5) is 29.3. The molecule has 222 valence electrons. The minimum atomic E-state index is -1.12. The predicted molar refractivity (Wildman–Crippen MR) is 165 cm³/mol. The number of aromatic nitrogens is 2. The van der Waals surface area contributed by atoms with E-state index in [9.17, 15) is 9.59 Å². The highest BCUT2D eigenvalue weighted by atomic mass is 35.5. The standard InChI is InChI=1S/C33H31Cl2FN4O3/c1-16(2)15-39-27-13-26-22-10-17(3)21(31(41)43-4)12-25(22)38-40(26)30(27)28(20-6-5-7-23(35)29(20)36)33(39)14-18-8-9-19(34)11-24(18)37-32(33)42/h5-12,16,27-28,30H,13-15H2,1-4H3,(H,37,42)/t27-,28-,30+,33+/m0/s1. The van der Waals surface area contributed by atoms with Crippen molar-refractivity contribution in [1.82, 2.24) is 14.7 Å². The number of nitrogens with zero attached hydrogens (tertiary/aromatic N) is 3. The van der Waals surface area contributed by atoms with Gasteiger partial charge in [-0.05, 0) is 59.9 Å². The van der Waals surface area contributed by atoms with Gasteiger partial charge in [0.1, 0.15) is 11.4 Å². The zero-order valence-electron chi connectivity index (χ0n) is 24.2. The van der Waals surface area contributed by atoms with Crippen LogP contribution in [-0.2, 0) is 22.4 Å². The maximum atomic E-state index is 16.1. The fraction of sp³-hybridized carbons (Fsp3) is 0.364. The number of carbonyl (C=O) groups is 2. The first-order chi connectivity index (χ1) is 20.5. The second-order valence-corrected chi connectivity index (χ2v) is 13.2. The van der Waals surface area contributed by atoms with Gasteiger partial charge in [0.05, 0.1) is 29.3 Å². The number of hydrogen-bond acceptors (Lipinski definition) is 5. The molecule has 7 nitrogen and oxygen atoms in total. The van der Waals surface area contributed by atoms with Crippen molar-refractivity contribution >= 4 is 51.7 Å². The van der Waals surface area contributed by atoms with Gasteiger partial charge >= 0.3 is 5.97 Å². The molecule has 10 heteroatoms. The van der Waals surface area contributed by atoms with E-state index < -0.39 is 23.2 Å². The number of hydrogen-bond donors (Lipinski definition) is 1. The molecule has 0 radical (unpaired) electrons. The van der Waals surface area contributed by atoms with Crippen LogP contribution in [-0.4, -0.2) is 51.8 Å². The van der Waals surface area contributed by atoms with Crippen LogP contribution >= 0.6 is 23.2 Å². The highest BCUT2D eigenvalue weighted by Gasteiger charge is 2.67. The number of esters is 1. The minimum Gasteiger partial charge on any atom is -0.465 e. The number of halogens is 3. The molecule has 1 aromatic heterocycles. The summed E-state index contributed by atoms with van der Waals surface area (Å²) in [5.41, 5.74) is 3.79. The quantitative estimate of drug-likeness (QED) is 0.256. The summed E-state index contributed by atoms with van der Waals surface area (Å²) in [6.07, 6.45) is 0.996. The van der Waals surface area contributed by atoms with E-state index in [-0.39, 0.29) is 28.9 Å². The van der Waals surface area contributed by atoms with E-state index >= 15 is 4.39 Å². The van der Waals surface area contributed by atoms with Crippen LogP contribution < -0.4 is 5.32 Å². The van der Waals surface area contributed by atoms with Gasteiger partial charge in [-0.1, -0.05) is 55.2 Å².